The molecule has 2 rings (SSSR count). The van der Waals surface area contributed by atoms with Crippen LogP contribution in [0.3, 0.4) is 0 Å². The van der Waals surface area contributed by atoms with E-state index in [0.717, 1.165) is 31.4 Å². The zero-order valence-corrected chi connectivity index (χ0v) is 12.9. The molecule has 110 valence electrons. The van der Waals surface area contributed by atoms with Crippen LogP contribution in [0.5, 0.6) is 0 Å². The minimum atomic E-state index is -4.21. The molecule has 8 heteroatoms. The summed E-state index contributed by atoms with van der Waals surface area (Å²) in [5.74, 6) is -0.973. The molecular weight excluding hydrogens is 351 g/mol. The Balaban J connectivity index is 2.23. The number of nitrogens with one attached hydrogen (secondary N) is 1. The van der Waals surface area contributed by atoms with Crippen molar-refractivity contribution in [2.75, 3.05) is 6.54 Å². The molecule has 1 fully saturated rings. The Morgan fingerprint density at radius 1 is 1.45 bits per heavy atom. The number of amides is 1. The normalized spacial score (nSPS) is 15.8. The Morgan fingerprint density at radius 3 is 2.60 bits per heavy atom. The number of carbonyl (C=O) groups excluding carboxylic acids is 1. The van der Waals surface area contributed by atoms with Gasteiger partial charge in [0.05, 0.1) is 5.56 Å². The fraction of sp³-hybridized carbons (Fsp3) is 0.417. The fourth-order valence-corrected chi connectivity index (χ4v) is 3.06. The number of sulfonamides is 1. The maximum absolute atomic E-state index is 13.5. The molecule has 1 aliphatic carbocycles. The predicted octanol–water partition coefficient (Wildman–Crippen LogP) is 1.77. The van der Waals surface area contributed by atoms with Gasteiger partial charge in [-0.25, -0.2) is 17.9 Å². The summed E-state index contributed by atoms with van der Waals surface area (Å²) >= 11 is 3.05. The number of hydrogen-bond donors (Lipinski definition) is 2. The van der Waals surface area contributed by atoms with Crippen molar-refractivity contribution in [3.63, 3.8) is 0 Å². The number of carbonyl (C=O) groups is 1. The Kier molecular flexibility index (Phi) is 4.46. The van der Waals surface area contributed by atoms with E-state index in [1.807, 2.05) is 0 Å². The first kappa shape index (κ1) is 15.4. The number of halogens is 2. The van der Waals surface area contributed by atoms with Crippen LogP contribution in [-0.4, -0.2) is 20.9 Å². The number of primary sulfonamides is 1. The molecule has 1 aliphatic rings. The zero-order valence-electron chi connectivity index (χ0n) is 10.5. The van der Waals surface area contributed by atoms with Gasteiger partial charge in [0.2, 0.25) is 10.0 Å². The molecule has 0 spiro atoms. The second-order valence-electron chi connectivity index (χ2n) is 4.81. The highest BCUT2D eigenvalue weighted by Crippen LogP contribution is 2.26. The lowest BCUT2D eigenvalue weighted by molar-refractivity contribution is 0.0938. The zero-order chi connectivity index (χ0) is 14.9. The van der Waals surface area contributed by atoms with Crippen molar-refractivity contribution in [3.05, 3.63) is 28.0 Å². The number of benzene rings is 1. The van der Waals surface area contributed by atoms with Gasteiger partial charge < -0.3 is 5.32 Å². The Hall–Kier alpha value is -0.990. The fourth-order valence-electron chi connectivity index (χ4n) is 1.95. The minimum Gasteiger partial charge on any atom is -0.352 e. The highest BCUT2D eigenvalue weighted by molar-refractivity contribution is 9.10. The highest BCUT2D eigenvalue weighted by Gasteiger charge is 2.22. The van der Waals surface area contributed by atoms with Crippen molar-refractivity contribution in [1.82, 2.24) is 5.32 Å². The van der Waals surface area contributed by atoms with E-state index in [1.165, 1.54) is 0 Å². The Bertz CT molecular complexity index is 644. The first-order chi connectivity index (χ1) is 9.29. The van der Waals surface area contributed by atoms with Crippen molar-refractivity contribution < 1.29 is 17.6 Å². The summed E-state index contributed by atoms with van der Waals surface area (Å²) in [4.78, 5) is 11.3. The first-order valence-electron chi connectivity index (χ1n) is 6.09. The first-order valence-corrected chi connectivity index (χ1v) is 8.43. The van der Waals surface area contributed by atoms with Crippen LogP contribution in [0, 0.1) is 11.7 Å². The standard InChI is InChI=1S/C12H14BrFN2O3S/c13-9-5-10(14)11(20(15,18)19)4-8(9)12(17)16-6-7-2-1-3-7/h4-5,7H,1-3,6H2,(H,16,17)(H2,15,18,19). The van der Waals surface area contributed by atoms with Crippen LogP contribution >= 0.6 is 15.9 Å². The van der Waals surface area contributed by atoms with E-state index in [9.17, 15) is 17.6 Å². The molecule has 0 bridgehead atoms. The van der Waals surface area contributed by atoms with E-state index in [0.29, 0.717) is 12.5 Å². The van der Waals surface area contributed by atoms with Crippen LogP contribution in [0.25, 0.3) is 0 Å². The van der Waals surface area contributed by atoms with Gasteiger partial charge in [0.15, 0.2) is 0 Å². The molecule has 1 aromatic rings. The lowest BCUT2D eigenvalue weighted by Crippen LogP contribution is -2.32. The van der Waals surface area contributed by atoms with Gasteiger partial charge in [0, 0.05) is 11.0 Å². The summed E-state index contributed by atoms with van der Waals surface area (Å²) in [6.45, 7) is 0.535. The largest absolute Gasteiger partial charge is 0.352 e. The predicted molar refractivity (Wildman–Crippen MR) is 75.1 cm³/mol. The molecule has 0 radical (unpaired) electrons. The number of nitrogens with two attached hydrogens (primary N) is 1. The average Bonchev–Trinajstić information content (AvgIpc) is 2.24. The molecular formula is C12H14BrFN2O3S. The molecule has 5 nitrogen and oxygen atoms in total. The summed E-state index contributed by atoms with van der Waals surface area (Å²) in [5.41, 5.74) is 0.0507. The molecule has 0 atom stereocenters. The summed E-state index contributed by atoms with van der Waals surface area (Å²) in [5, 5.41) is 7.63. The summed E-state index contributed by atoms with van der Waals surface area (Å²) < 4.78 is 36.2. The molecule has 0 aromatic heterocycles. The van der Waals surface area contributed by atoms with Crippen LogP contribution in [0.4, 0.5) is 4.39 Å². The van der Waals surface area contributed by atoms with Gasteiger partial charge in [-0.05, 0) is 46.8 Å². The average molecular weight is 365 g/mol. The third kappa shape index (κ3) is 3.36. The van der Waals surface area contributed by atoms with Crippen molar-refractivity contribution in [2.45, 2.75) is 24.2 Å². The molecule has 0 saturated heterocycles. The number of hydrogen-bond acceptors (Lipinski definition) is 3. The topological polar surface area (TPSA) is 89.3 Å². The molecule has 0 unspecified atom stereocenters. The van der Waals surface area contributed by atoms with Gasteiger partial charge >= 0.3 is 0 Å². The smallest absolute Gasteiger partial charge is 0.252 e. The second-order valence-corrected chi connectivity index (χ2v) is 7.20. The highest BCUT2D eigenvalue weighted by atomic mass is 79.9. The maximum Gasteiger partial charge on any atom is 0.252 e. The van der Waals surface area contributed by atoms with E-state index in [2.05, 4.69) is 21.2 Å². The quantitative estimate of drug-likeness (QED) is 0.852. The van der Waals surface area contributed by atoms with Gasteiger partial charge in [-0.2, -0.15) is 0 Å². The van der Waals surface area contributed by atoms with Gasteiger partial charge in [0.25, 0.3) is 5.91 Å². The van der Waals surface area contributed by atoms with Crippen LogP contribution in [0.2, 0.25) is 0 Å². The van der Waals surface area contributed by atoms with Crippen molar-refractivity contribution in [1.29, 1.82) is 0 Å². The van der Waals surface area contributed by atoms with E-state index in [1.54, 1.807) is 0 Å². The van der Waals surface area contributed by atoms with E-state index >= 15 is 0 Å². The molecule has 0 heterocycles. The lowest BCUT2D eigenvalue weighted by atomic mass is 9.85. The van der Waals surface area contributed by atoms with E-state index < -0.39 is 26.6 Å². The number of rotatable bonds is 4. The van der Waals surface area contributed by atoms with Gasteiger partial charge in [-0.1, -0.05) is 6.42 Å². The van der Waals surface area contributed by atoms with Gasteiger partial charge in [-0.15, -0.1) is 0 Å². The summed E-state index contributed by atoms with van der Waals surface area (Å²) in [6.07, 6.45) is 3.32. The molecule has 1 amide bonds. The molecule has 0 aliphatic heterocycles. The second kappa shape index (κ2) is 5.79. The van der Waals surface area contributed by atoms with E-state index in [4.69, 9.17) is 5.14 Å². The van der Waals surface area contributed by atoms with E-state index in [-0.39, 0.29) is 10.0 Å². The molecule has 1 saturated carbocycles. The third-order valence-corrected chi connectivity index (χ3v) is 4.93. The lowest BCUT2D eigenvalue weighted by Gasteiger charge is -2.25. The Morgan fingerprint density at radius 2 is 2.10 bits per heavy atom. The SMILES string of the molecule is NS(=O)(=O)c1cc(C(=O)NCC2CCC2)c(Br)cc1F. The van der Waals surface area contributed by atoms with Gasteiger partial charge in [0.1, 0.15) is 10.7 Å². The molecule has 20 heavy (non-hydrogen) atoms. The van der Waals surface area contributed by atoms with Crippen LogP contribution in [0.1, 0.15) is 29.6 Å². The Labute approximate surface area is 124 Å². The molecule has 1 aromatic carbocycles. The van der Waals surface area contributed by atoms with Crippen LogP contribution in [-0.2, 0) is 10.0 Å². The monoisotopic (exact) mass is 364 g/mol. The maximum atomic E-state index is 13.5. The minimum absolute atomic E-state index is 0.0507. The molecule has 3 N–H and O–H groups in total. The van der Waals surface area contributed by atoms with Crippen molar-refractivity contribution in [2.24, 2.45) is 11.1 Å². The van der Waals surface area contributed by atoms with Crippen molar-refractivity contribution >= 4 is 31.9 Å². The third-order valence-electron chi connectivity index (χ3n) is 3.35. The van der Waals surface area contributed by atoms with Crippen LogP contribution < -0.4 is 10.5 Å². The van der Waals surface area contributed by atoms with Gasteiger partial charge in [-0.3, -0.25) is 4.79 Å². The van der Waals surface area contributed by atoms with Crippen molar-refractivity contribution in [3.8, 4) is 0 Å². The summed E-state index contributed by atoms with van der Waals surface area (Å²) in [6, 6.07) is 1.88. The summed E-state index contributed by atoms with van der Waals surface area (Å²) in [7, 11) is -4.21. The van der Waals surface area contributed by atoms with Crippen LogP contribution in [0.15, 0.2) is 21.5 Å².